The van der Waals surface area contributed by atoms with Gasteiger partial charge in [-0.05, 0) is 69.7 Å². The molecule has 5 aromatic rings. The molecule has 0 atom stereocenters. The van der Waals surface area contributed by atoms with Crippen molar-refractivity contribution in [3.05, 3.63) is 93.2 Å². The molecule has 0 unspecified atom stereocenters. The normalized spacial score (nSPS) is 11.5. The maximum Gasteiger partial charge on any atom is 0.279 e. The van der Waals surface area contributed by atoms with Crippen molar-refractivity contribution in [3.8, 4) is 23.3 Å². The number of benzene rings is 1. The molecule has 0 radical (unpaired) electrons. The van der Waals surface area contributed by atoms with Gasteiger partial charge in [0.2, 0.25) is 5.75 Å². The molecule has 0 saturated carbocycles. The fraction of sp³-hybridized carbons (Fsp3) is 0.258. The van der Waals surface area contributed by atoms with Gasteiger partial charge in [0, 0.05) is 11.8 Å². The minimum atomic E-state index is -0.655. The van der Waals surface area contributed by atoms with Crippen molar-refractivity contribution in [2.45, 2.75) is 34.2 Å². The zero-order valence-corrected chi connectivity index (χ0v) is 23.7. The lowest BCUT2D eigenvalue weighted by Crippen LogP contribution is -2.30. The van der Waals surface area contributed by atoms with E-state index in [4.69, 9.17) is 23.6 Å². The van der Waals surface area contributed by atoms with Crippen molar-refractivity contribution in [2.24, 2.45) is 4.99 Å². The molecular weight excluding hydrogens is 538 g/mol. The van der Waals surface area contributed by atoms with Crippen LogP contribution in [-0.4, -0.2) is 39.7 Å². The molecule has 4 heterocycles. The Morgan fingerprint density at radius 1 is 1.02 bits per heavy atom. The zero-order valence-electron chi connectivity index (χ0n) is 23.7. The van der Waals surface area contributed by atoms with E-state index in [1.54, 1.807) is 29.0 Å². The Morgan fingerprint density at radius 3 is 2.36 bits per heavy atom. The molecule has 1 amide bonds. The lowest BCUT2D eigenvalue weighted by atomic mass is 10.1. The number of fused-ring (bicyclic) bond motifs is 2. The predicted molar refractivity (Wildman–Crippen MR) is 154 cm³/mol. The molecule has 0 saturated heterocycles. The van der Waals surface area contributed by atoms with Gasteiger partial charge in [0.05, 0.1) is 43.6 Å². The van der Waals surface area contributed by atoms with E-state index in [0.29, 0.717) is 48.5 Å². The average Bonchev–Trinajstić information content (AvgIpc) is 3.50. The summed E-state index contributed by atoms with van der Waals surface area (Å²) in [6.07, 6.45) is 3.14. The number of ether oxygens (including phenoxy) is 3. The first kappa shape index (κ1) is 28.2. The van der Waals surface area contributed by atoms with Crippen LogP contribution in [0.2, 0.25) is 0 Å². The third kappa shape index (κ3) is 5.22. The van der Waals surface area contributed by atoms with Crippen molar-refractivity contribution in [1.82, 2.24) is 14.0 Å². The second kappa shape index (κ2) is 12.0. The zero-order chi connectivity index (χ0) is 29.8. The van der Waals surface area contributed by atoms with Crippen LogP contribution in [0.4, 0.5) is 0 Å². The number of pyridine rings is 2. The highest BCUT2D eigenvalue weighted by Gasteiger charge is 2.20. The molecule has 0 fully saturated rings. The molecule has 42 heavy (non-hydrogen) atoms. The molecule has 0 aliphatic carbocycles. The number of hydrogen-bond acceptors (Lipinski definition) is 8. The Balaban J connectivity index is 1.81. The number of nitrogens with zero attached hydrogens (tertiary/aromatic N) is 5. The number of rotatable bonds is 9. The van der Waals surface area contributed by atoms with Crippen LogP contribution < -0.4 is 25.3 Å². The van der Waals surface area contributed by atoms with Crippen molar-refractivity contribution in [1.29, 1.82) is 5.26 Å². The molecule has 11 heteroatoms. The van der Waals surface area contributed by atoms with Crippen LogP contribution in [0.25, 0.3) is 16.7 Å². The van der Waals surface area contributed by atoms with Crippen LogP contribution in [0, 0.1) is 18.3 Å². The minimum absolute atomic E-state index is 0.0231. The Morgan fingerprint density at radius 2 is 1.74 bits per heavy atom. The third-order valence-electron chi connectivity index (χ3n) is 6.48. The van der Waals surface area contributed by atoms with Crippen LogP contribution in [0.15, 0.2) is 69.1 Å². The average molecular weight is 568 g/mol. The summed E-state index contributed by atoms with van der Waals surface area (Å²) in [7, 11) is 0. The van der Waals surface area contributed by atoms with E-state index in [2.05, 4.69) is 11.1 Å². The summed E-state index contributed by atoms with van der Waals surface area (Å²) in [6, 6.07) is 13.7. The van der Waals surface area contributed by atoms with Crippen molar-refractivity contribution in [2.75, 3.05) is 19.8 Å². The molecule has 0 spiro atoms. The van der Waals surface area contributed by atoms with Gasteiger partial charge in [-0.25, -0.2) is 4.98 Å². The maximum absolute atomic E-state index is 13.7. The minimum Gasteiger partial charge on any atom is -0.490 e. The van der Waals surface area contributed by atoms with Crippen LogP contribution in [0.1, 0.15) is 48.0 Å². The molecule has 1 aromatic carbocycles. The SMILES string of the molecule is CCOc1cc(C(=O)N=c2c(C#N)cc3c(=O)n4cccc(C)c4nc3n2Cc2ccco2)cc(OCC)c1OCC. The second-order valence-corrected chi connectivity index (χ2v) is 9.22. The van der Waals surface area contributed by atoms with E-state index in [0.717, 1.165) is 5.56 Å². The van der Waals surface area contributed by atoms with Gasteiger partial charge in [0.15, 0.2) is 17.0 Å². The summed E-state index contributed by atoms with van der Waals surface area (Å²) in [5.74, 6) is 0.926. The molecule has 11 nitrogen and oxygen atoms in total. The van der Waals surface area contributed by atoms with Gasteiger partial charge < -0.3 is 23.2 Å². The van der Waals surface area contributed by atoms with Gasteiger partial charge in [-0.15, -0.1) is 0 Å². The molecular formula is C31H29N5O6. The van der Waals surface area contributed by atoms with Crippen LogP contribution >= 0.6 is 0 Å². The molecule has 0 bridgehead atoms. The summed E-state index contributed by atoms with van der Waals surface area (Å²) in [5, 5.41) is 10.3. The van der Waals surface area contributed by atoms with E-state index in [-0.39, 0.29) is 39.8 Å². The van der Waals surface area contributed by atoms with Gasteiger partial charge in [-0.2, -0.15) is 10.3 Å². The smallest absolute Gasteiger partial charge is 0.279 e. The summed E-state index contributed by atoms with van der Waals surface area (Å²) >= 11 is 0. The Labute approximate surface area is 240 Å². The standard InChI is InChI=1S/C31H29N5O6/c1-5-39-24-15-20(16-25(40-6-2)26(24)41-7-3)30(37)34-28-21(17-32)14-23-29(36(28)18-22-11-9-13-42-22)33-27-19(4)10-8-12-35(27)31(23)38/h8-16H,5-7,18H2,1-4H3. The van der Waals surface area contributed by atoms with E-state index < -0.39 is 5.91 Å². The monoisotopic (exact) mass is 567 g/mol. The van der Waals surface area contributed by atoms with Crippen LogP contribution in [-0.2, 0) is 6.54 Å². The molecule has 0 aliphatic rings. The van der Waals surface area contributed by atoms with E-state index in [9.17, 15) is 14.9 Å². The highest BCUT2D eigenvalue weighted by molar-refractivity contribution is 5.96. The fourth-order valence-corrected chi connectivity index (χ4v) is 4.67. The lowest BCUT2D eigenvalue weighted by molar-refractivity contribution is 0.0996. The van der Waals surface area contributed by atoms with Gasteiger partial charge in [0.1, 0.15) is 23.1 Å². The first-order valence-corrected chi connectivity index (χ1v) is 13.5. The molecule has 214 valence electrons. The molecule has 5 rings (SSSR count). The Hall–Kier alpha value is -5.37. The van der Waals surface area contributed by atoms with Gasteiger partial charge in [-0.3, -0.25) is 14.0 Å². The van der Waals surface area contributed by atoms with E-state index >= 15 is 0 Å². The number of aryl methyl sites for hydroxylation is 1. The van der Waals surface area contributed by atoms with Gasteiger partial charge in [0.25, 0.3) is 11.5 Å². The van der Waals surface area contributed by atoms with Gasteiger partial charge in [-0.1, -0.05) is 6.07 Å². The summed E-state index contributed by atoms with van der Waals surface area (Å²) < 4.78 is 25.8. The quantitative estimate of drug-likeness (QED) is 0.239. The molecule has 0 N–H and O–H groups in total. The van der Waals surface area contributed by atoms with E-state index in [1.165, 1.54) is 28.9 Å². The van der Waals surface area contributed by atoms with Gasteiger partial charge >= 0.3 is 0 Å². The third-order valence-corrected chi connectivity index (χ3v) is 6.48. The number of nitriles is 1. The number of hydrogen-bond donors (Lipinski definition) is 0. The first-order chi connectivity index (χ1) is 20.4. The summed E-state index contributed by atoms with van der Waals surface area (Å²) in [6.45, 7) is 8.43. The van der Waals surface area contributed by atoms with E-state index in [1.807, 2.05) is 33.8 Å². The number of aromatic nitrogens is 3. The molecule has 4 aromatic heterocycles. The Bertz CT molecular complexity index is 1940. The number of carbonyl (C=O) groups excluding carboxylic acids is 1. The molecule has 0 aliphatic heterocycles. The number of amides is 1. The largest absolute Gasteiger partial charge is 0.490 e. The second-order valence-electron chi connectivity index (χ2n) is 9.22. The van der Waals surface area contributed by atoms with Crippen LogP contribution in [0.3, 0.4) is 0 Å². The number of carbonyl (C=O) groups is 1. The van der Waals surface area contributed by atoms with Crippen molar-refractivity contribution >= 4 is 22.6 Å². The Kier molecular flexibility index (Phi) is 8.06. The first-order valence-electron chi connectivity index (χ1n) is 13.5. The fourth-order valence-electron chi connectivity index (χ4n) is 4.67. The topological polar surface area (TPSA) is 133 Å². The number of furan rings is 1. The highest BCUT2D eigenvalue weighted by atomic mass is 16.5. The maximum atomic E-state index is 13.7. The summed E-state index contributed by atoms with van der Waals surface area (Å²) in [4.78, 5) is 36.5. The van der Waals surface area contributed by atoms with Crippen molar-refractivity contribution < 1.29 is 23.4 Å². The highest BCUT2D eigenvalue weighted by Crippen LogP contribution is 2.39. The predicted octanol–water partition coefficient (Wildman–Crippen LogP) is 4.41. The summed E-state index contributed by atoms with van der Waals surface area (Å²) in [5.41, 5.74) is 1.35. The van der Waals surface area contributed by atoms with Crippen molar-refractivity contribution in [3.63, 3.8) is 0 Å². The lowest BCUT2D eigenvalue weighted by Gasteiger charge is -2.16. The van der Waals surface area contributed by atoms with Crippen LogP contribution in [0.5, 0.6) is 17.2 Å².